The molecule has 1 aromatic rings. The second kappa shape index (κ2) is 10.2. The quantitative estimate of drug-likeness (QED) is 0.482. The standard InChI is InChI=1S/C29H35N3O5/c33-28(34)26-24-12-11-23(37-22-13-15-36-16-14-22)17-25(24)32(21-5-2-6-21)27(26)18-7-9-20(10-8-18)31-29(35)30-19-3-1-4-19/h7-11,17,19,21-22,24H,1-6,12-16H2,(H,33,34)(H2,30,31,35). The number of ether oxygens (including phenoxy) is 2. The molecule has 3 aliphatic carbocycles. The molecule has 37 heavy (non-hydrogen) atoms. The van der Waals surface area contributed by atoms with Crippen LogP contribution in [0.15, 0.2) is 53.4 Å². The van der Waals surface area contributed by atoms with Crippen LogP contribution in [0.1, 0.15) is 63.4 Å². The van der Waals surface area contributed by atoms with Gasteiger partial charge in [-0.25, -0.2) is 9.59 Å². The van der Waals surface area contributed by atoms with E-state index in [2.05, 4.69) is 21.6 Å². The van der Waals surface area contributed by atoms with E-state index in [0.29, 0.717) is 30.9 Å². The van der Waals surface area contributed by atoms with Gasteiger partial charge in [0.1, 0.15) is 11.9 Å². The Morgan fingerprint density at radius 2 is 1.73 bits per heavy atom. The molecule has 0 spiro atoms. The molecular weight excluding hydrogens is 470 g/mol. The summed E-state index contributed by atoms with van der Waals surface area (Å²) in [6.45, 7) is 1.43. The number of carboxylic acids is 1. The van der Waals surface area contributed by atoms with Gasteiger partial charge >= 0.3 is 12.0 Å². The fraction of sp³-hybridized carbons (Fsp3) is 0.517. The van der Waals surface area contributed by atoms with Gasteiger partial charge in [-0.3, -0.25) is 0 Å². The SMILES string of the molecule is O=C(Nc1ccc(C2=C(C(=O)O)C3CC=C(OC4CCOCC4)C=C3N2C2CCC2)cc1)NC1CCC1. The van der Waals surface area contributed by atoms with E-state index in [4.69, 9.17) is 9.47 Å². The van der Waals surface area contributed by atoms with E-state index in [1.165, 1.54) is 0 Å². The third-order valence-electron chi connectivity index (χ3n) is 8.32. The molecule has 5 aliphatic rings. The number of hydrogen-bond acceptors (Lipinski definition) is 5. The van der Waals surface area contributed by atoms with Gasteiger partial charge in [0.15, 0.2) is 0 Å². The molecule has 2 saturated carbocycles. The van der Waals surface area contributed by atoms with Crippen LogP contribution in [0.2, 0.25) is 0 Å². The number of amides is 2. The topological polar surface area (TPSA) is 100 Å². The van der Waals surface area contributed by atoms with Gasteiger partial charge in [0.05, 0.1) is 24.5 Å². The smallest absolute Gasteiger partial charge is 0.334 e. The highest BCUT2D eigenvalue weighted by Gasteiger charge is 2.45. The lowest BCUT2D eigenvalue weighted by atomic mass is 9.88. The van der Waals surface area contributed by atoms with Crippen LogP contribution in [0.3, 0.4) is 0 Å². The molecule has 2 amide bonds. The Labute approximate surface area is 217 Å². The van der Waals surface area contributed by atoms with E-state index in [1.54, 1.807) is 0 Å². The number of fused-ring (bicyclic) bond motifs is 1. The van der Waals surface area contributed by atoms with Crippen LogP contribution < -0.4 is 10.6 Å². The first-order chi connectivity index (χ1) is 18.1. The van der Waals surface area contributed by atoms with Crippen molar-refractivity contribution in [2.24, 2.45) is 5.92 Å². The van der Waals surface area contributed by atoms with E-state index < -0.39 is 5.97 Å². The number of allylic oxidation sites excluding steroid dienone is 3. The zero-order chi connectivity index (χ0) is 25.4. The van der Waals surface area contributed by atoms with Crippen LogP contribution in [-0.2, 0) is 14.3 Å². The minimum atomic E-state index is -0.878. The maximum atomic E-state index is 12.6. The van der Waals surface area contributed by atoms with Gasteiger partial charge in [-0.05, 0) is 74.8 Å². The average Bonchev–Trinajstić information content (AvgIpc) is 3.16. The second-order valence-corrected chi connectivity index (χ2v) is 10.7. The number of urea groups is 1. The molecule has 0 radical (unpaired) electrons. The van der Waals surface area contributed by atoms with Gasteiger partial charge in [-0.1, -0.05) is 12.1 Å². The number of carbonyl (C=O) groups excluding carboxylic acids is 1. The molecule has 6 rings (SSSR count). The van der Waals surface area contributed by atoms with Crippen LogP contribution in [0.25, 0.3) is 5.70 Å². The van der Waals surface area contributed by atoms with Crippen molar-refractivity contribution in [3.63, 3.8) is 0 Å². The van der Waals surface area contributed by atoms with Gasteiger partial charge in [-0.15, -0.1) is 0 Å². The van der Waals surface area contributed by atoms with Crippen molar-refractivity contribution < 1.29 is 24.2 Å². The Balaban J connectivity index is 1.26. The highest BCUT2D eigenvalue weighted by atomic mass is 16.5. The van der Waals surface area contributed by atoms with Crippen molar-refractivity contribution in [2.45, 2.75) is 76.0 Å². The first-order valence-corrected chi connectivity index (χ1v) is 13.7. The predicted molar refractivity (Wildman–Crippen MR) is 139 cm³/mol. The van der Waals surface area contributed by atoms with Gasteiger partial charge in [-0.2, -0.15) is 0 Å². The van der Waals surface area contributed by atoms with Crippen LogP contribution >= 0.6 is 0 Å². The van der Waals surface area contributed by atoms with Gasteiger partial charge in [0, 0.05) is 42.2 Å². The Morgan fingerprint density at radius 1 is 1.00 bits per heavy atom. The van der Waals surface area contributed by atoms with Gasteiger partial charge < -0.3 is 30.1 Å². The Morgan fingerprint density at radius 3 is 2.35 bits per heavy atom. The molecule has 1 saturated heterocycles. The molecular formula is C29H35N3O5. The lowest BCUT2D eigenvalue weighted by Gasteiger charge is -2.40. The molecule has 0 aromatic heterocycles. The van der Waals surface area contributed by atoms with Gasteiger partial charge in [0.25, 0.3) is 0 Å². The van der Waals surface area contributed by atoms with Crippen LogP contribution in [-0.4, -0.2) is 53.4 Å². The molecule has 8 nitrogen and oxygen atoms in total. The molecule has 3 fully saturated rings. The summed E-state index contributed by atoms with van der Waals surface area (Å²) in [5, 5.41) is 16.2. The van der Waals surface area contributed by atoms with Crippen molar-refractivity contribution in [1.29, 1.82) is 0 Å². The van der Waals surface area contributed by atoms with Crippen LogP contribution in [0.5, 0.6) is 0 Å². The molecule has 3 N–H and O–H groups in total. The highest BCUT2D eigenvalue weighted by Crippen LogP contribution is 2.50. The largest absolute Gasteiger partial charge is 0.491 e. The number of carbonyl (C=O) groups is 2. The minimum Gasteiger partial charge on any atom is -0.491 e. The van der Waals surface area contributed by atoms with Crippen molar-refractivity contribution >= 4 is 23.4 Å². The monoisotopic (exact) mass is 505 g/mol. The summed E-state index contributed by atoms with van der Waals surface area (Å²) in [6.07, 6.45) is 13.1. The molecule has 0 bridgehead atoms. The number of benzene rings is 1. The Hall–Kier alpha value is -3.26. The number of nitrogens with zero attached hydrogens (tertiary/aromatic N) is 1. The Bertz CT molecular complexity index is 1140. The predicted octanol–water partition coefficient (Wildman–Crippen LogP) is 5.01. The van der Waals surface area contributed by atoms with E-state index in [9.17, 15) is 14.7 Å². The van der Waals surface area contributed by atoms with E-state index in [1.807, 2.05) is 30.3 Å². The first kappa shape index (κ1) is 24.1. The summed E-state index contributed by atoms with van der Waals surface area (Å²) < 4.78 is 11.8. The van der Waals surface area contributed by atoms with E-state index in [0.717, 1.165) is 74.1 Å². The van der Waals surface area contributed by atoms with E-state index in [-0.39, 0.29) is 30.1 Å². The number of carboxylic acid groups (broad SMARTS) is 1. The summed E-state index contributed by atoms with van der Waals surface area (Å²) in [4.78, 5) is 27.2. The number of aliphatic carboxylic acids is 1. The van der Waals surface area contributed by atoms with Crippen molar-refractivity contribution in [2.75, 3.05) is 18.5 Å². The summed E-state index contributed by atoms with van der Waals surface area (Å²) in [5.74, 6) is -0.233. The molecule has 2 heterocycles. The third kappa shape index (κ3) is 4.87. The second-order valence-electron chi connectivity index (χ2n) is 10.7. The van der Waals surface area contributed by atoms with Crippen molar-refractivity contribution in [3.8, 4) is 0 Å². The molecule has 2 aliphatic heterocycles. The zero-order valence-corrected chi connectivity index (χ0v) is 21.1. The number of nitrogens with one attached hydrogen (secondary N) is 2. The fourth-order valence-electron chi connectivity index (χ4n) is 5.86. The molecule has 196 valence electrons. The highest BCUT2D eigenvalue weighted by molar-refractivity contribution is 6.00. The lowest BCUT2D eigenvalue weighted by molar-refractivity contribution is -0.133. The van der Waals surface area contributed by atoms with Crippen LogP contribution in [0, 0.1) is 5.92 Å². The maximum Gasteiger partial charge on any atom is 0.334 e. The number of anilines is 1. The van der Waals surface area contributed by atoms with Gasteiger partial charge in [0.2, 0.25) is 0 Å². The minimum absolute atomic E-state index is 0.139. The summed E-state index contributed by atoms with van der Waals surface area (Å²) in [7, 11) is 0. The summed E-state index contributed by atoms with van der Waals surface area (Å²) >= 11 is 0. The van der Waals surface area contributed by atoms with Crippen LogP contribution in [0.4, 0.5) is 10.5 Å². The van der Waals surface area contributed by atoms with E-state index >= 15 is 0 Å². The molecule has 1 unspecified atom stereocenters. The molecule has 1 atom stereocenters. The molecule has 1 aromatic carbocycles. The zero-order valence-electron chi connectivity index (χ0n) is 21.1. The van der Waals surface area contributed by atoms with Crippen molar-refractivity contribution in [3.05, 3.63) is 59.0 Å². The normalized spacial score (nSPS) is 24.4. The number of rotatable bonds is 7. The summed E-state index contributed by atoms with van der Waals surface area (Å²) in [5.41, 5.74) is 3.81. The lowest BCUT2D eigenvalue weighted by Crippen LogP contribution is -2.41. The molecule has 8 heteroatoms. The average molecular weight is 506 g/mol. The third-order valence-corrected chi connectivity index (χ3v) is 8.32. The first-order valence-electron chi connectivity index (χ1n) is 13.7. The fourth-order valence-corrected chi connectivity index (χ4v) is 5.86. The van der Waals surface area contributed by atoms with Crippen molar-refractivity contribution in [1.82, 2.24) is 10.2 Å². The summed E-state index contributed by atoms with van der Waals surface area (Å²) in [6, 6.07) is 7.92. The maximum absolute atomic E-state index is 12.6. The Kier molecular flexibility index (Phi) is 6.67. The number of hydrogen-bond donors (Lipinski definition) is 3.